The predicted octanol–water partition coefficient (Wildman–Crippen LogP) is -0.277. The lowest BCUT2D eigenvalue weighted by Gasteiger charge is -2.21. The van der Waals surface area contributed by atoms with Crippen LogP contribution >= 0.6 is 0 Å². The van der Waals surface area contributed by atoms with Crippen LogP contribution in [0.25, 0.3) is 0 Å². The van der Waals surface area contributed by atoms with E-state index in [1.807, 2.05) is 6.92 Å². The van der Waals surface area contributed by atoms with Gasteiger partial charge in [-0.05, 0) is 19.8 Å². The molecule has 0 bridgehead atoms. The number of carboxylic acids is 1. The second-order valence-corrected chi connectivity index (χ2v) is 4.32. The molecule has 1 saturated carbocycles. The molecule has 7 heteroatoms. The van der Waals surface area contributed by atoms with Crippen LogP contribution in [0, 0.1) is 0 Å². The number of urea groups is 1. The van der Waals surface area contributed by atoms with Crippen LogP contribution in [0.2, 0.25) is 0 Å². The number of rotatable bonds is 6. The molecule has 102 valence electrons. The Labute approximate surface area is 106 Å². The first-order valence-corrected chi connectivity index (χ1v) is 5.96. The van der Waals surface area contributed by atoms with E-state index in [2.05, 4.69) is 5.32 Å². The normalized spacial score (nSPS) is 13.9. The molecule has 7 nitrogen and oxygen atoms in total. The van der Waals surface area contributed by atoms with Crippen LogP contribution in [0.1, 0.15) is 19.8 Å². The fourth-order valence-electron chi connectivity index (χ4n) is 1.46. The maximum Gasteiger partial charge on any atom is 0.323 e. The highest BCUT2D eigenvalue weighted by Gasteiger charge is 2.33. The molecule has 0 unspecified atom stereocenters. The van der Waals surface area contributed by atoms with Crippen LogP contribution < -0.4 is 5.32 Å². The first kappa shape index (κ1) is 14.3. The highest BCUT2D eigenvalue weighted by molar-refractivity contribution is 5.85. The monoisotopic (exact) mass is 257 g/mol. The van der Waals surface area contributed by atoms with E-state index in [-0.39, 0.29) is 25.0 Å². The lowest BCUT2D eigenvalue weighted by molar-refractivity contribution is -0.137. The van der Waals surface area contributed by atoms with Gasteiger partial charge in [0.05, 0.1) is 6.54 Å². The lowest BCUT2D eigenvalue weighted by Crippen LogP contribution is -2.47. The fourth-order valence-corrected chi connectivity index (χ4v) is 1.46. The summed E-state index contributed by atoms with van der Waals surface area (Å²) in [5, 5.41) is 11.2. The maximum atomic E-state index is 11.8. The Morgan fingerprint density at radius 1 is 1.33 bits per heavy atom. The SMILES string of the molecule is CCN(C)C(=O)CNC(=O)N(CC(=O)O)C1CC1. The van der Waals surface area contributed by atoms with Crippen molar-refractivity contribution >= 4 is 17.9 Å². The Morgan fingerprint density at radius 2 is 1.94 bits per heavy atom. The van der Waals surface area contributed by atoms with Gasteiger partial charge in [-0.25, -0.2) is 4.79 Å². The summed E-state index contributed by atoms with van der Waals surface area (Å²) in [6, 6.07) is -0.488. The zero-order valence-electron chi connectivity index (χ0n) is 10.7. The molecule has 0 aromatic rings. The molecule has 2 N–H and O–H groups in total. The van der Waals surface area contributed by atoms with Gasteiger partial charge in [-0.3, -0.25) is 9.59 Å². The van der Waals surface area contributed by atoms with Gasteiger partial charge < -0.3 is 20.2 Å². The summed E-state index contributed by atoms with van der Waals surface area (Å²) in [4.78, 5) is 36.6. The first-order chi connectivity index (χ1) is 8.45. The van der Waals surface area contributed by atoms with Crippen LogP contribution in [0.3, 0.4) is 0 Å². The standard InChI is InChI=1S/C11H19N3O4/c1-3-13(2)9(15)6-12-11(18)14(7-10(16)17)8-4-5-8/h8H,3-7H2,1-2H3,(H,12,18)(H,16,17). The third-order valence-corrected chi connectivity index (χ3v) is 2.85. The summed E-state index contributed by atoms with van der Waals surface area (Å²) in [5.74, 6) is -1.24. The Kier molecular flexibility index (Phi) is 4.94. The van der Waals surface area contributed by atoms with Crippen LogP contribution in [-0.2, 0) is 9.59 Å². The van der Waals surface area contributed by atoms with Crippen LogP contribution in [0.15, 0.2) is 0 Å². The number of carbonyl (C=O) groups excluding carboxylic acids is 2. The zero-order chi connectivity index (χ0) is 13.7. The summed E-state index contributed by atoms with van der Waals surface area (Å²) in [6.07, 6.45) is 1.65. The molecule has 0 atom stereocenters. The van der Waals surface area contributed by atoms with E-state index in [9.17, 15) is 14.4 Å². The topological polar surface area (TPSA) is 90.0 Å². The second kappa shape index (κ2) is 6.23. The van der Waals surface area contributed by atoms with E-state index in [0.717, 1.165) is 12.8 Å². The summed E-state index contributed by atoms with van der Waals surface area (Å²) >= 11 is 0. The molecule has 18 heavy (non-hydrogen) atoms. The minimum absolute atomic E-state index is 0.0000989. The lowest BCUT2D eigenvalue weighted by atomic mass is 10.4. The number of amides is 3. The molecule has 0 aromatic carbocycles. The number of nitrogens with one attached hydrogen (secondary N) is 1. The van der Waals surface area contributed by atoms with E-state index in [0.29, 0.717) is 6.54 Å². The number of nitrogens with zero attached hydrogens (tertiary/aromatic N) is 2. The van der Waals surface area contributed by atoms with Crippen LogP contribution in [0.4, 0.5) is 4.79 Å². The van der Waals surface area contributed by atoms with Crippen molar-refractivity contribution in [3.8, 4) is 0 Å². The van der Waals surface area contributed by atoms with E-state index in [4.69, 9.17) is 5.11 Å². The van der Waals surface area contributed by atoms with E-state index >= 15 is 0 Å². The van der Waals surface area contributed by atoms with Gasteiger partial charge in [0.2, 0.25) is 5.91 Å². The molecule has 1 aliphatic rings. The van der Waals surface area contributed by atoms with Crippen molar-refractivity contribution in [3.05, 3.63) is 0 Å². The molecule has 3 amide bonds. The average molecular weight is 257 g/mol. The number of hydrogen-bond acceptors (Lipinski definition) is 3. The molecule has 1 aliphatic carbocycles. The van der Waals surface area contributed by atoms with Gasteiger partial charge in [0, 0.05) is 19.6 Å². The number of carbonyl (C=O) groups is 3. The van der Waals surface area contributed by atoms with Gasteiger partial charge in [-0.15, -0.1) is 0 Å². The molecule has 0 radical (unpaired) electrons. The number of hydrogen-bond donors (Lipinski definition) is 2. The summed E-state index contributed by atoms with van der Waals surface area (Å²) in [5.41, 5.74) is 0. The van der Waals surface area contributed by atoms with E-state index < -0.39 is 12.0 Å². The van der Waals surface area contributed by atoms with Crippen molar-refractivity contribution in [2.45, 2.75) is 25.8 Å². The third-order valence-electron chi connectivity index (χ3n) is 2.85. The Bertz CT molecular complexity index is 341. The molecule has 1 rings (SSSR count). The predicted molar refractivity (Wildman–Crippen MR) is 64.1 cm³/mol. The molecular weight excluding hydrogens is 238 g/mol. The number of likely N-dealkylation sites (N-methyl/N-ethyl adjacent to an activating group) is 1. The number of aliphatic carboxylic acids is 1. The van der Waals surface area contributed by atoms with Crippen molar-refractivity contribution in [1.82, 2.24) is 15.1 Å². The van der Waals surface area contributed by atoms with Crippen molar-refractivity contribution in [3.63, 3.8) is 0 Å². The molecule has 0 aromatic heterocycles. The second-order valence-electron chi connectivity index (χ2n) is 4.32. The Hall–Kier alpha value is -1.79. The quantitative estimate of drug-likeness (QED) is 0.685. The minimum atomic E-state index is -1.05. The molecule has 1 fully saturated rings. The average Bonchev–Trinajstić information content (AvgIpc) is 3.15. The highest BCUT2D eigenvalue weighted by atomic mass is 16.4. The highest BCUT2D eigenvalue weighted by Crippen LogP contribution is 2.26. The van der Waals surface area contributed by atoms with Gasteiger partial charge in [0.1, 0.15) is 6.54 Å². The molecular formula is C11H19N3O4. The fraction of sp³-hybridized carbons (Fsp3) is 0.727. The van der Waals surface area contributed by atoms with Gasteiger partial charge in [-0.2, -0.15) is 0 Å². The van der Waals surface area contributed by atoms with Gasteiger partial charge >= 0.3 is 12.0 Å². The van der Waals surface area contributed by atoms with Crippen LogP contribution in [-0.4, -0.2) is 65.5 Å². The van der Waals surface area contributed by atoms with Gasteiger partial charge in [0.25, 0.3) is 0 Å². The van der Waals surface area contributed by atoms with Crippen molar-refractivity contribution in [2.24, 2.45) is 0 Å². The Balaban J connectivity index is 2.42. The van der Waals surface area contributed by atoms with Crippen molar-refractivity contribution in [2.75, 3.05) is 26.7 Å². The van der Waals surface area contributed by atoms with Gasteiger partial charge in [-0.1, -0.05) is 0 Å². The van der Waals surface area contributed by atoms with E-state index in [1.165, 1.54) is 9.80 Å². The van der Waals surface area contributed by atoms with Crippen molar-refractivity contribution < 1.29 is 19.5 Å². The van der Waals surface area contributed by atoms with E-state index in [1.54, 1.807) is 7.05 Å². The summed E-state index contributed by atoms with van der Waals surface area (Å²) in [7, 11) is 1.64. The minimum Gasteiger partial charge on any atom is -0.480 e. The summed E-state index contributed by atoms with van der Waals surface area (Å²) < 4.78 is 0. The maximum absolute atomic E-state index is 11.8. The third kappa shape index (κ3) is 4.23. The molecule has 0 heterocycles. The van der Waals surface area contributed by atoms with Crippen LogP contribution in [0.5, 0.6) is 0 Å². The molecule has 0 spiro atoms. The summed E-state index contributed by atoms with van der Waals surface area (Å²) in [6.45, 7) is 1.97. The molecule has 0 aliphatic heterocycles. The first-order valence-electron chi connectivity index (χ1n) is 5.96. The zero-order valence-corrected chi connectivity index (χ0v) is 10.7. The van der Waals surface area contributed by atoms with Crippen molar-refractivity contribution in [1.29, 1.82) is 0 Å². The smallest absolute Gasteiger partial charge is 0.323 e. The van der Waals surface area contributed by atoms with Gasteiger partial charge in [0.15, 0.2) is 0 Å². The largest absolute Gasteiger partial charge is 0.480 e. The molecule has 0 saturated heterocycles. The number of carboxylic acid groups (broad SMARTS) is 1. The Morgan fingerprint density at radius 3 is 2.39 bits per heavy atom.